The summed E-state index contributed by atoms with van der Waals surface area (Å²) in [5, 5.41) is 0. The molecular formula is C21H16F3NO4. The summed E-state index contributed by atoms with van der Waals surface area (Å²) in [6.45, 7) is 2.22. The smallest absolute Gasteiger partial charge is 0.478 e. The molecule has 0 bridgehead atoms. The molecular weight excluding hydrogens is 387 g/mol. The lowest BCUT2D eigenvalue weighted by atomic mass is 10.0. The lowest BCUT2D eigenvalue weighted by Gasteiger charge is -2.15. The Balaban J connectivity index is 1.95. The molecule has 0 saturated carbocycles. The first-order valence-corrected chi connectivity index (χ1v) is 8.60. The van der Waals surface area contributed by atoms with Crippen molar-refractivity contribution in [2.75, 3.05) is 6.61 Å². The minimum absolute atomic E-state index is 0.293. The minimum Gasteiger partial charge on any atom is -0.478 e. The van der Waals surface area contributed by atoms with Crippen LogP contribution >= 0.6 is 0 Å². The van der Waals surface area contributed by atoms with Crippen LogP contribution in [0.25, 0.3) is 11.1 Å². The molecule has 0 aliphatic rings. The van der Waals surface area contributed by atoms with Crippen molar-refractivity contribution in [3.05, 3.63) is 66.4 Å². The molecule has 3 aromatic rings. The SMILES string of the molecule is CCOc1ncccc1-c1cc(C=O)ccc1Oc1ccc(OC(F)(F)F)cc1. The van der Waals surface area contributed by atoms with E-state index in [1.54, 1.807) is 36.5 Å². The van der Waals surface area contributed by atoms with E-state index in [0.717, 1.165) is 12.1 Å². The van der Waals surface area contributed by atoms with Gasteiger partial charge >= 0.3 is 6.36 Å². The van der Waals surface area contributed by atoms with E-state index in [1.807, 2.05) is 6.92 Å². The number of ether oxygens (including phenoxy) is 3. The van der Waals surface area contributed by atoms with Crippen LogP contribution in [0, 0.1) is 0 Å². The van der Waals surface area contributed by atoms with Gasteiger partial charge in [-0.1, -0.05) is 0 Å². The number of nitrogens with zero attached hydrogens (tertiary/aromatic N) is 1. The second-order valence-corrected chi connectivity index (χ2v) is 5.78. The summed E-state index contributed by atoms with van der Waals surface area (Å²) in [6.07, 6.45) is -2.48. The van der Waals surface area contributed by atoms with Crippen LogP contribution in [0.3, 0.4) is 0 Å². The second-order valence-electron chi connectivity index (χ2n) is 5.78. The first-order valence-electron chi connectivity index (χ1n) is 8.60. The molecule has 0 N–H and O–H groups in total. The molecule has 5 nitrogen and oxygen atoms in total. The van der Waals surface area contributed by atoms with Gasteiger partial charge in [0.25, 0.3) is 0 Å². The number of aromatic nitrogens is 1. The van der Waals surface area contributed by atoms with Gasteiger partial charge in [-0.05, 0) is 61.5 Å². The molecule has 0 amide bonds. The Morgan fingerprint density at radius 1 is 1.00 bits per heavy atom. The lowest BCUT2D eigenvalue weighted by molar-refractivity contribution is -0.274. The number of aldehydes is 1. The summed E-state index contributed by atoms with van der Waals surface area (Å²) in [6, 6.07) is 13.3. The van der Waals surface area contributed by atoms with E-state index in [2.05, 4.69) is 9.72 Å². The maximum absolute atomic E-state index is 12.3. The molecule has 1 aromatic heterocycles. The van der Waals surface area contributed by atoms with Crippen molar-refractivity contribution in [3.8, 4) is 34.3 Å². The summed E-state index contributed by atoms with van der Waals surface area (Å²) in [5.74, 6) is 0.694. The fraction of sp³-hybridized carbons (Fsp3) is 0.143. The Morgan fingerprint density at radius 3 is 2.38 bits per heavy atom. The molecule has 0 radical (unpaired) electrons. The molecule has 3 rings (SSSR count). The second kappa shape index (κ2) is 8.64. The number of halogens is 3. The molecule has 29 heavy (non-hydrogen) atoms. The average Bonchev–Trinajstić information content (AvgIpc) is 2.69. The highest BCUT2D eigenvalue weighted by Crippen LogP contribution is 2.38. The number of pyridine rings is 1. The van der Waals surface area contributed by atoms with Crippen LogP contribution in [0.15, 0.2) is 60.8 Å². The van der Waals surface area contributed by atoms with Crippen LogP contribution in [0.1, 0.15) is 17.3 Å². The number of hydrogen-bond donors (Lipinski definition) is 0. The van der Waals surface area contributed by atoms with Crippen molar-refractivity contribution in [2.45, 2.75) is 13.3 Å². The number of benzene rings is 2. The Kier molecular flexibility index (Phi) is 6.01. The van der Waals surface area contributed by atoms with E-state index in [9.17, 15) is 18.0 Å². The zero-order chi connectivity index (χ0) is 20.9. The first-order chi connectivity index (χ1) is 13.9. The predicted molar refractivity (Wildman–Crippen MR) is 99.4 cm³/mol. The summed E-state index contributed by atoms with van der Waals surface area (Å²) < 4.78 is 52.2. The van der Waals surface area contributed by atoms with Crippen molar-refractivity contribution in [1.29, 1.82) is 0 Å². The van der Waals surface area contributed by atoms with Crippen molar-refractivity contribution in [2.24, 2.45) is 0 Å². The molecule has 0 fully saturated rings. The van der Waals surface area contributed by atoms with Gasteiger partial charge in [-0.25, -0.2) is 4.98 Å². The Morgan fingerprint density at radius 2 is 1.72 bits per heavy atom. The minimum atomic E-state index is -4.77. The van der Waals surface area contributed by atoms with E-state index in [4.69, 9.17) is 9.47 Å². The van der Waals surface area contributed by atoms with Gasteiger partial charge in [-0.3, -0.25) is 4.79 Å². The van der Waals surface area contributed by atoms with Gasteiger partial charge in [-0.15, -0.1) is 13.2 Å². The van der Waals surface area contributed by atoms with Gasteiger partial charge in [0, 0.05) is 22.9 Å². The van der Waals surface area contributed by atoms with Crippen LogP contribution in [0.4, 0.5) is 13.2 Å². The van der Waals surface area contributed by atoms with Crippen molar-refractivity contribution >= 4 is 6.29 Å². The van der Waals surface area contributed by atoms with Crippen LogP contribution in [-0.4, -0.2) is 24.2 Å². The zero-order valence-corrected chi connectivity index (χ0v) is 15.3. The molecule has 150 valence electrons. The van der Waals surface area contributed by atoms with Gasteiger partial charge in [0.1, 0.15) is 23.5 Å². The molecule has 8 heteroatoms. The Hall–Kier alpha value is -3.55. The van der Waals surface area contributed by atoms with E-state index in [0.29, 0.717) is 47.0 Å². The van der Waals surface area contributed by atoms with Crippen LogP contribution < -0.4 is 14.2 Å². The third kappa shape index (κ3) is 5.25. The average molecular weight is 403 g/mol. The van der Waals surface area contributed by atoms with E-state index >= 15 is 0 Å². The van der Waals surface area contributed by atoms with Gasteiger partial charge in [0.2, 0.25) is 5.88 Å². The normalized spacial score (nSPS) is 11.0. The topological polar surface area (TPSA) is 57.7 Å². The Bertz CT molecular complexity index is 988. The summed E-state index contributed by atoms with van der Waals surface area (Å²) >= 11 is 0. The van der Waals surface area contributed by atoms with Crippen molar-refractivity contribution < 1.29 is 32.2 Å². The highest BCUT2D eigenvalue weighted by atomic mass is 19.4. The van der Waals surface area contributed by atoms with E-state index < -0.39 is 6.36 Å². The monoisotopic (exact) mass is 403 g/mol. The molecule has 1 heterocycles. The summed E-state index contributed by atoms with van der Waals surface area (Å²) in [4.78, 5) is 15.4. The predicted octanol–water partition coefficient (Wildman–Crippen LogP) is 5.65. The maximum atomic E-state index is 12.3. The lowest BCUT2D eigenvalue weighted by Crippen LogP contribution is -2.16. The molecule has 0 atom stereocenters. The van der Waals surface area contributed by atoms with E-state index in [-0.39, 0.29) is 5.75 Å². The van der Waals surface area contributed by atoms with E-state index in [1.165, 1.54) is 12.1 Å². The van der Waals surface area contributed by atoms with Gasteiger partial charge < -0.3 is 14.2 Å². The van der Waals surface area contributed by atoms with Gasteiger partial charge in [0.05, 0.1) is 6.61 Å². The molecule has 0 unspecified atom stereocenters. The number of rotatable bonds is 7. The van der Waals surface area contributed by atoms with Gasteiger partial charge in [-0.2, -0.15) is 0 Å². The van der Waals surface area contributed by atoms with Crippen LogP contribution in [-0.2, 0) is 0 Å². The number of alkyl halides is 3. The largest absolute Gasteiger partial charge is 0.573 e. The summed E-state index contributed by atoms with van der Waals surface area (Å²) in [5.41, 5.74) is 1.60. The van der Waals surface area contributed by atoms with Crippen molar-refractivity contribution in [1.82, 2.24) is 4.98 Å². The fourth-order valence-corrected chi connectivity index (χ4v) is 2.60. The number of carbonyl (C=O) groups is 1. The Labute approximate surface area is 164 Å². The first kappa shape index (κ1) is 20.2. The standard InChI is InChI=1S/C21H16F3NO4/c1-2-27-20-17(4-3-11-25-20)18-12-14(13-26)5-10-19(18)28-15-6-8-16(9-7-15)29-21(22,23)24/h3-13H,2H2,1H3. The highest BCUT2D eigenvalue weighted by Gasteiger charge is 2.31. The molecule has 0 aliphatic carbocycles. The van der Waals surface area contributed by atoms with Crippen LogP contribution in [0.5, 0.6) is 23.1 Å². The third-order valence-corrected chi connectivity index (χ3v) is 3.77. The maximum Gasteiger partial charge on any atom is 0.573 e. The zero-order valence-electron chi connectivity index (χ0n) is 15.3. The quantitative estimate of drug-likeness (QED) is 0.477. The fourth-order valence-electron chi connectivity index (χ4n) is 2.60. The summed E-state index contributed by atoms with van der Waals surface area (Å²) in [7, 11) is 0. The molecule has 2 aromatic carbocycles. The highest BCUT2D eigenvalue weighted by molar-refractivity contribution is 5.83. The van der Waals surface area contributed by atoms with Gasteiger partial charge in [0.15, 0.2) is 0 Å². The van der Waals surface area contributed by atoms with Crippen molar-refractivity contribution in [3.63, 3.8) is 0 Å². The van der Waals surface area contributed by atoms with Crippen LogP contribution in [0.2, 0.25) is 0 Å². The number of carbonyl (C=O) groups excluding carboxylic acids is 1. The number of hydrogen-bond acceptors (Lipinski definition) is 5. The molecule has 0 saturated heterocycles. The third-order valence-electron chi connectivity index (χ3n) is 3.77. The molecule has 0 aliphatic heterocycles. The molecule has 0 spiro atoms.